The van der Waals surface area contributed by atoms with E-state index in [4.69, 9.17) is 5.73 Å². The van der Waals surface area contributed by atoms with Crippen molar-refractivity contribution < 1.29 is 0 Å². The molecule has 0 bridgehead atoms. The fourth-order valence-electron chi connectivity index (χ4n) is 1.38. The molecule has 0 aromatic carbocycles. The third-order valence-electron chi connectivity index (χ3n) is 2.15. The Kier molecular flexibility index (Phi) is 3.14. The Balaban J connectivity index is 2.30. The highest BCUT2D eigenvalue weighted by Gasteiger charge is 2.14. The predicted molar refractivity (Wildman–Crippen MR) is 62.2 cm³/mol. The minimum absolute atomic E-state index is 0.717. The van der Waals surface area contributed by atoms with Crippen LogP contribution in [0, 0.1) is 6.92 Å². The van der Waals surface area contributed by atoms with Gasteiger partial charge in [-0.05, 0) is 25.1 Å². The Labute approximate surface area is 97.6 Å². The van der Waals surface area contributed by atoms with E-state index in [0.717, 1.165) is 34.5 Å². The third kappa shape index (κ3) is 2.04. The first kappa shape index (κ1) is 11.0. The summed E-state index contributed by atoms with van der Waals surface area (Å²) in [6.45, 7) is 4.87. The third-order valence-corrected chi connectivity index (χ3v) is 3.16. The summed E-state index contributed by atoms with van der Waals surface area (Å²) in [7, 11) is 0. The van der Waals surface area contributed by atoms with Crippen LogP contribution >= 0.6 is 11.8 Å². The van der Waals surface area contributed by atoms with Crippen molar-refractivity contribution in [1.29, 1.82) is 0 Å². The van der Waals surface area contributed by atoms with Gasteiger partial charge < -0.3 is 5.73 Å². The lowest BCUT2D eigenvalue weighted by atomic mass is 10.4. The maximum atomic E-state index is 5.98. The van der Waals surface area contributed by atoms with Crippen LogP contribution in [0.15, 0.2) is 16.5 Å². The number of nitrogens with one attached hydrogen (secondary N) is 1. The zero-order chi connectivity index (χ0) is 11.5. The molecule has 6 nitrogen and oxygen atoms in total. The molecule has 0 unspecified atom stereocenters. The summed E-state index contributed by atoms with van der Waals surface area (Å²) in [4.78, 5) is 4.06. The van der Waals surface area contributed by atoms with Gasteiger partial charge in [0, 0.05) is 6.54 Å². The lowest BCUT2D eigenvalue weighted by Crippen LogP contribution is -2.01. The number of aromatic amines is 1. The molecule has 86 valence electrons. The van der Waals surface area contributed by atoms with Gasteiger partial charge in [-0.3, -0.25) is 9.78 Å². The zero-order valence-electron chi connectivity index (χ0n) is 9.27. The summed E-state index contributed by atoms with van der Waals surface area (Å²) < 4.78 is 1.91. The van der Waals surface area contributed by atoms with Crippen LogP contribution in [0.2, 0.25) is 0 Å². The van der Waals surface area contributed by atoms with Crippen molar-refractivity contribution >= 4 is 17.4 Å². The van der Waals surface area contributed by atoms with E-state index in [9.17, 15) is 0 Å². The molecule has 0 atom stereocenters. The van der Waals surface area contributed by atoms with E-state index in [2.05, 4.69) is 27.2 Å². The number of aryl methyl sites for hydroxylation is 2. The Morgan fingerprint density at radius 2 is 2.38 bits per heavy atom. The first-order chi connectivity index (χ1) is 7.72. The number of hydrogen-bond acceptors (Lipinski definition) is 5. The second-order valence-corrected chi connectivity index (χ2v) is 4.40. The Bertz CT molecular complexity index is 461. The number of nitrogens with two attached hydrogens (primary N) is 1. The van der Waals surface area contributed by atoms with Crippen LogP contribution in [0.5, 0.6) is 0 Å². The number of nitrogens with zero attached hydrogens (tertiary/aromatic N) is 4. The highest BCUT2D eigenvalue weighted by molar-refractivity contribution is 7.99. The van der Waals surface area contributed by atoms with Gasteiger partial charge in [-0.2, -0.15) is 10.2 Å². The SMILES string of the molecule is CCCn1nc(C)c(N)c1Sc1ncn[nH]1. The van der Waals surface area contributed by atoms with Crippen LogP contribution in [0.4, 0.5) is 5.69 Å². The van der Waals surface area contributed by atoms with Crippen molar-refractivity contribution in [1.82, 2.24) is 25.0 Å². The Morgan fingerprint density at radius 1 is 1.56 bits per heavy atom. The zero-order valence-corrected chi connectivity index (χ0v) is 10.1. The van der Waals surface area contributed by atoms with E-state index in [0.29, 0.717) is 0 Å². The molecule has 0 saturated heterocycles. The fraction of sp³-hybridized carbons (Fsp3) is 0.444. The molecule has 16 heavy (non-hydrogen) atoms. The van der Waals surface area contributed by atoms with Gasteiger partial charge in [-0.15, -0.1) is 0 Å². The van der Waals surface area contributed by atoms with Crippen LogP contribution < -0.4 is 5.73 Å². The van der Waals surface area contributed by atoms with Crippen LogP contribution in [0.3, 0.4) is 0 Å². The number of H-pyrrole nitrogens is 1. The second-order valence-electron chi connectivity index (χ2n) is 3.42. The van der Waals surface area contributed by atoms with E-state index < -0.39 is 0 Å². The summed E-state index contributed by atoms with van der Waals surface area (Å²) in [6.07, 6.45) is 2.50. The first-order valence-electron chi connectivity index (χ1n) is 5.08. The van der Waals surface area contributed by atoms with Gasteiger partial charge in [0.05, 0.1) is 11.4 Å². The van der Waals surface area contributed by atoms with Crippen molar-refractivity contribution in [3.63, 3.8) is 0 Å². The van der Waals surface area contributed by atoms with E-state index in [1.165, 1.54) is 18.1 Å². The molecule has 0 fully saturated rings. The largest absolute Gasteiger partial charge is 0.395 e. The minimum Gasteiger partial charge on any atom is -0.395 e. The molecule has 0 aliphatic rings. The molecule has 0 amide bonds. The molecule has 2 rings (SSSR count). The van der Waals surface area contributed by atoms with Crippen molar-refractivity contribution in [2.45, 2.75) is 37.0 Å². The molecular formula is C9H14N6S. The van der Waals surface area contributed by atoms with E-state index in [-0.39, 0.29) is 0 Å². The van der Waals surface area contributed by atoms with Gasteiger partial charge in [0.1, 0.15) is 11.4 Å². The predicted octanol–water partition coefficient (Wildman–Crippen LogP) is 1.45. The smallest absolute Gasteiger partial charge is 0.189 e. The Morgan fingerprint density at radius 3 is 3.00 bits per heavy atom. The number of rotatable bonds is 4. The fourth-order valence-corrected chi connectivity index (χ4v) is 2.26. The molecule has 0 spiro atoms. The van der Waals surface area contributed by atoms with Gasteiger partial charge in [0.15, 0.2) is 5.16 Å². The quantitative estimate of drug-likeness (QED) is 0.842. The van der Waals surface area contributed by atoms with Crippen molar-refractivity contribution in [2.75, 3.05) is 5.73 Å². The highest BCUT2D eigenvalue weighted by Crippen LogP contribution is 2.31. The molecule has 0 radical (unpaired) electrons. The Hall–Kier alpha value is -1.50. The van der Waals surface area contributed by atoms with E-state index in [1.54, 1.807) is 0 Å². The molecule has 2 aromatic rings. The average Bonchev–Trinajstić information content (AvgIpc) is 2.84. The van der Waals surface area contributed by atoms with Crippen molar-refractivity contribution in [2.24, 2.45) is 0 Å². The van der Waals surface area contributed by atoms with Crippen LogP contribution in [0.25, 0.3) is 0 Å². The topological polar surface area (TPSA) is 85.4 Å². The molecule has 0 saturated carbocycles. The summed E-state index contributed by atoms with van der Waals surface area (Å²) in [5.41, 5.74) is 7.56. The molecule has 2 heterocycles. The van der Waals surface area contributed by atoms with Gasteiger partial charge in [-0.25, -0.2) is 4.98 Å². The van der Waals surface area contributed by atoms with E-state index >= 15 is 0 Å². The summed E-state index contributed by atoms with van der Waals surface area (Å²) in [6, 6.07) is 0. The van der Waals surface area contributed by atoms with Gasteiger partial charge in [-0.1, -0.05) is 6.92 Å². The molecule has 0 aliphatic heterocycles. The minimum atomic E-state index is 0.717. The first-order valence-corrected chi connectivity index (χ1v) is 5.90. The van der Waals surface area contributed by atoms with Crippen LogP contribution in [-0.2, 0) is 6.54 Å². The normalized spacial score (nSPS) is 10.9. The molecule has 0 aliphatic carbocycles. The van der Waals surface area contributed by atoms with Crippen molar-refractivity contribution in [3.8, 4) is 0 Å². The summed E-state index contributed by atoms with van der Waals surface area (Å²) >= 11 is 1.45. The molecule has 2 aromatic heterocycles. The van der Waals surface area contributed by atoms with E-state index in [1.807, 2.05) is 11.6 Å². The van der Waals surface area contributed by atoms with Crippen LogP contribution in [-0.4, -0.2) is 25.0 Å². The van der Waals surface area contributed by atoms with Crippen molar-refractivity contribution in [3.05, 3.63) is 12.0 Å². The number of anilines is 1. The van der Waals surface area contributed by atoms with Crippen LogP contribution in [0.1, 0.15) is 19.0 Å². The summed E-state index contributed by atoms with van der Waals surface area (Å²) in [5.74, 6) is 0. The summed E-state index contributed by atoms with van der Waals surface area (Å²) in [5, 5.41) is 12.6. The second kappa shape index (κ2) is 4.56. The lowest BCUT2D eigenvalue weighted by Gasteiger charge is -2.03. The molecular weight excluding hydrogens is 224 g/mol. The monoisotopic (exact) mass is 238 g/mol. The van der Waals surface area contributed by atoms with Gasteiger partial charge >= 0.3 is 0 Å². The number of nitrogen functional groups attached to an aromatic ring is 1. The molecule has 3 N–H and O–H groups in total. The van der Waals surface area contributed by atoms with Gasteiger partial charge in [0.25, 0.3) is 0 Å². The maximum Gasteiger partial charge on any atom is 0.189 e. The number of hydrogen-bond donors (Lipinski definition) is 2. The highest BCUT2D eigenvalue weighted by atomic mass is 32.2. The maximum absolute atomic E-state index is 5.98. The van der Waals surface area contributed by atoms with Gasteiger partial charge in [0.2, 0.25) is 0 Å². The standard InChI is InChI=1S/C9H14N6S/c1-3-4-15-8(7(10)6(2)14-15)16-9-11-5-12-13-9/h5H,3-4,10H2,1-2H3,(H,11,12,13). The average molecular weight is 238 g/mol. The number of aromatic nitrogens is 5. The molecule has 7 heteroatoms. The lowest BCUT2D eigenvalue weighted by molar-refractivity contribution is 0.555.